The molecule has 1 aromatic carbocycles. The van der Waals surface area contributed by atoms with Crippen molar-refractivity contribution in [2.45, 2.75) is 168 Å². The predicted molar refractivity (Wildman–Crippen MR) is 155 cm³/mol. The molecule has 0 fully saturated rings. The Bertz CT molecular complexity index is 824. The van der Waals surface area contributed by atoms with E-state index in [0.717, 1.165) is 17.0 Å². The van der Waals surface area contributed by atoms with Gasteiger partial charge in [-0.1, -0.05) is 138 Å². The SMILES string of the molecule is CCCCCCCC(C)(CCCCCC)c1nc2ccc(C(C)(CCCC)CCCCC)cc2o1. The number of hydrogen-bond donors (Lipinski definition) is 0. The Labute approximate surface area is 218 Å². The molecule has 0 amide bonds. The largest absolute Gasteiger partial charge is 0.440 e. The number of rotatable bonds is 20. The lowest BCUT2D eigenvalue weighted by atomic mass is 9.74. The van der Waals surface area contributed by atoms with Crippen LogP contribution in [0.2, 0.25) is 0 Å². The van der Waals surface area contributed by atoms with Crippen LogP contribution in [0.4, 0.5) is 0 Å². The maximum Gasteiger partial charge on any atom is 0.201 e. The van der Waals surface area contributed by atoms with Crippen molar-refractivity contribution in [2.75, 3.05) is 0 Å². The second-order valence-corrected chi connectivity index (χ2v) is 11.9. The Kier molecular flexibility index (Phi) is 13.4. The van der Waals surface area contributed by atoms with Crippen LogP contribution in [-0.2, 0) is 10.8 Å². The highest BCUT2D eigenvalue weighted by molar-refractivity contribution is 5.74. The highest BCUT2D eigenvalue weighted by atomic mass is 16.3. The van der Waals surface area contributed by atoms with Gasteiger partial charge in [-0.3, -0.25) is 0 Å². The van der Waals surface area contributed by atoms with Crippen LogP contribution in [0.3, 0.4) is 0 Å². The van der Waals surface area contributed by atoms with Gasteiger partial charge in [-0.05, 0) is 48.8 Å². The minimum Gasteiger partial charge on any atom is -0.440 e. The first-order chi connectivity index (χ1) is 16.9. The van der Waals surface area contributed by atoms with Gasteiger partial charge in [-0.25, -0.2) is 4.98 Å². The van der Waals surface area contributed by atoms with Gasteiger partial charge in [0.1, 0.15) is 5.52 Å². The highest BCUT2D eigenvalue weighted by Crippen LogP contribution is 2.39. The first kappa shape index (κ1) is 29.9. The monoisotopic (exact) mass is 483 g/mol. The molecule has 1 heterocycles. The standard InChI is InChI=1S/C33H57NO/c1-7-11-15-17-20-26-33(6,25-19-16-12-8-2)31-34-29-22-21-28(27-30(29)35-31)32(5,23-14-10-4)24-18-13-9-3/h21-22,27H,7-20,23-26H2,1-6H3. The molecule has 2 unspecified atom stereocenters. The van der Waals surface area contributed by atoms with Gasteiger partial charge >= 0.3 is 0 Å². The van der Waals surface area contributed by atoms with Crippen LogP contribution in [-0.4, -0.2) is 4.98 Å². The van der Waals surface area contributed by atoms with Crippen LogP contribution >= 0.6 is 0 Å². The summed E-state index contributed by atoms with van der Waals surface area (Å²) in [5.41, 5.74) is 3.77. The summed E-state index contributed by atoms with van der Waals surface area (Å²) in [7, 11) is 0. The van der Waals surface area contributed by atoms with Gasteiger partial charge in [0.05, 0.1) is 0 Å². The fraction of sp³-hybridized carbons (Fsp3) is 0.788. The Hall–Kier alpha value is -1.31. The van der Waals surface area contributed by atoms with E-state index < -0.39 is 0 Å². The average molecular weight is 484 g/mol. The Morgan fingerprint density at radius 1 is 0.600 bits per heavy atom. The molecular formula is C33H57NO. The second kappa shape index (κ2) is 15.7. The van der Waals surface area contributed by atoms with E-state index in [1.807, 2.05) is 0 Å². The van der Waals surface area contributed by atoms with E-state index in [1.165, 1.54) is 121 Å². The molecule has 0 aliphatic heterocycles. The Morgan fingerprint density at radius 2 is 1.09 bits per heavy atom. The molecule has 200 valence electrons. The lowest BCUT2D eigenvalue weighted by Gasteiger charge is -2.30. The quantitative estimate of drug-likeness (QED) is 0.175. The van der Waals surface area contributed by atoms with Crippen LogP contribution in [0.15, 0.2) is 22.6 Å². The van der Waals surface area contributed by atoms with Crippen LogP contribution < -0.4 is 0 Å². The van der Waals surface area contributed by atoms with Gasteiger partial charge in [-0.2, -0.15) is 0 Å². The van der Waals surface area contributed by atoms with Gasteiger partial charge in [0, 0.05) is 5.41 Å². The lowest BCUT2D eigenvalue weighted by Crippen LogP contribution is -2.22. The number of benzene rings is 1. The van der Waals surface area contributed by atoms with E-state index in [1.54, 1.807) is 0 Å². The van der Waals surface area contributed by atoms with Crippen molar-refractivity contribution in [3.05, 3.63) is 29.7 Å². The third-order valence-corrected chi connectivity index (χ3v) is 8.43. The summed E-state index contributed by atoms with van der Waals surface area (Å²) in [5.74, 6) is 0.984. The van der Waals surface area contributed by atoms with Crippen LogP contribution in [0.25, 0.3) is 11.1 Å². The molecule has 2 heteroatoms. The van der Waals surface area contributed by atoms with E-state index in [9.17, 15) is 0 Å². The fourth-order valence-corrected chi connectivity index (χ4v) is 5.70. The first-order valence-corrected chi connectivity index (χ1v) is 15.3. The summed E-state index contributed by atoms with van der Waals surface area (Å²) in [6.45, 7) is 14.1. The minimum absolute atomic E-state index is 0.0474. The summed E-state index contributed by atoms with van der Waals surface area (Å²) in [6, 6.07) is 6.92. The van der Waals surface area contributed by atoms with Crippen LogP contribution in [0.1, 0.15) is 169 Å². The smallest absolute Gasteiger partial charge is 0.201 e. The summed E-state index contributed by atoms with van der Waals surface area (Å²) < 4.78 is 6.62. The molecule has 0 saturated carbocycles. The van der Waals surface area contributed by atoms with Crippen molar-refractivity contribution in [1.29, 1.82) is 0 Å². The van der Waals surface area contributed by atoms with E-state index in [4.69, 9.17) is 9.40 Å². The maximum absolute atomic E-state index is 6.62. The number of fused-ring (bicyclic) bond motifs is 1. The fourth-order valence-electron chi connectivity index (χ4n) is 5.70. The van der Waals surface area contributed by atoms with Gasteiger partial charge in [0.25, 0.3) is 0 Å². The molecule has 2 atom stereocenters. The van der Waals surface area contributed by atoms with E-state index in [2.05, 4.69) is 59.7 Å². The average Bonchev–Trinajstić information content (AvgIpc) is 3.30. The molecule has 0 aliphatic rings. The number of unbranched alkanes of at least 4 members (excludes halogenated alkanes) is 10. The number of nitrogens with zero attached hydrogens (tertiary/aromatic N) is 1. The molecule has 0 saturated heterocycles. The molecule has 35 heavy (non-hydrogen) atoms. The van der Waals surface area contributed by atoms with Crippen LogP contribution in [0.5, 0.6) is 0 Å². The third-order valence-electron chi connectivity index (χ3n) is 8.43. The first-order valence-electron chi connectivity index (χ1n) is 15.3. The van der Waals surface area contributed by atoms with Gasteiger partial charge in [0.2, 0.25) is 5.89 Å². The number of oxazole rings is 1. The van der Waals surface area contributed by atoms with Gasteiger partial charge in [0.15, 0.2) is 5.58 Å². The normalized spacial score (nSPS) is 15.4. The molecule has 1 aromatic heterocycles. The minimum atomic E-state index is 0.0474. The zero-order chi connectivity index (χ0) is 25.6. The lowest BCUT2D eigenvalue weighted by molar-refractivity contribution is 0.294. The van der Waals surface area contributed by atoms with Crippen molar-refractivity contribution in [3.8, 4) is 0 Å². The molecule has 2 rings (SSSR count). The van der Waals surface area contributed by atoms with Gasteiger partial charge in [-0.15, -0.1) is 0 Å². The predicted octanol–water partition coefficient (Wildman–Crippen LogP) is 11.4. The highest BCUT2D eigenvalue weighted by Gasteiger charge is 2.32. The van der Waals surface area contributed by atoms with Gasteiger partial charge < -0.3 is 4.42 Å². The Morgan fingerprint density at radius 3 is 1.71 bits per heavy atom. The Balaban J connectivity index is 2.27. The summed E-state index contributed by atoms with van der Waals surface area (Å²) in [5, 5.41) is 0. The third kappa shape index (κ3) is 9.25. The zero-order valence-electron chi connectivity index (χ0n) is 24.3. The zero-order valence-corrected chi connectivity index (χ0v) is 24.3. The van der Waals surface area contributed by atoms with Crippen molar-refractivity contribution in [2.24, 2.45) is 0 Å². The maximum atomic E-state index is 6.62. The second-order valence-electron chi connectivity index (χ2n) is 11.9. The van der Waals surface area contributed by atoms with Crippen LogP contribution in [0, 0.1) is 0 Å². The summed E-state index contributed by atoms with van der Waals surface area (Å²) in [4.78, 5) is 5.09. The number of aromatic nitrogens is 1. The molecule has 0 bridgehead atoms. The molecule has 2 nitrogen and oxygen atoms in total. The number of hydrogen-bond acceptors (Lipinski definition) is 2. The summed E-state index contributed by atoms with van der Waals surface area (Å²) >= 11 is 0. The molecule has 0 aliphatic carbocycles. The van der Waals surface area contributed by atoms with Crippen molar-refractivity contribution in [1.82, 2.24) is 4.98 Å². The molecule has 0 radical (unpaired) electrons. The van der Waals surface area contributed by atoms with E-state index in [0.29, 0.717) is 0 Å². The topological polar surface area (TPSA) is 26.0 Å². The molecule has 0 spiro atoms. The van der Waals surface area contributed by atoms with Crippen molar-refractivity contribution >= 4 is 11.1 Å². The van der Waals surface area contributed by atoms with E-state index in [-0.39, 0.29) is 10.8 Å². The summed E-state index contributed by atoms with van der Waals surface area (Å²) in [6.07, 6.45) is 23.2. The van der Waals surface area contributed by atoms with Crippen molar-refractivity contribution in [3.63, 3.8) is 0 Å². The van der Waals surface area contributed by atoms with E-state index >= 15 is 0 Å². The molecular weight excluding hydrogens is 426 g/mol. The van der Waals surface area contributed by atoms with Crippen molar-refractivity contribution < 1.29 is 4.42 Å². The molecule has 2 aromatic rings. The molecule has 0 N–H and O–H groups in total.